The number of rotatable bonds is 5. The van der Waals surface area contributed by atoms with Crippen LogP contribution in [0.4, 0.5) is 4.79 Å². The standard InChI is InChI=1S/C19H15Cl2NO5S/c1-26-14-5-10(6-15(27-2)17(14)23)7-16-18(24)22(19(25)28-16)9-11-3-4-12(20)8-13(11)21/h3-8,23H,9H2,1-2H3/b16-7-. The summed E-state index contributed by atoms with van der Waals surface area (Å²) in [5, 5.41) is 10.4. The average molecular weight is 440 g/mol. The first kappa shape index (κ1) is 20.4. The molecule has 0 bridgehead atoms. The summed E-state index contributed by atoms with van der Waals surface area (Å²) >= 11 is 12.8. The summed E-state index contributed by atoms with van der Waals surface area (Å²) in [7, 11) is 2.81. The van der Waals surface area contributed by atoms with Crippen LogP contribution < -0.4 is 9.47 Å². The van der Waals surface area contributed by atoms with E-state index in [1.807, 2.05) is 0 Å². The summed E-state index contributed by atoms with van der Waals surface area (Å²) < 4.78 is 10.2. The van der Waals surface area contributed by atoms with Crippen LogP contribution >= 0.6 is 35.0 Å². The van der Waals surface area contributed by atoms with Crippen molar-refractivity contribution in [1.82, 2.24) is 4.90 Å². The van der Waals surface area contributed by atoms with Crippen LogP contribution in [0, 0.1) is 0 Å². The molecule has 1 fully saturated rings. The smallest absolute Gasteiger partial charge is 0.293 e. The first-order valence-corrected chi connectivity index (χ1v) is 9.55. The molecule has 1 saturated heterocycles. The number of hydrogen-bond donors (Lipinski definition) is 1. The van der Waals surface area contributed by atoms with E-state index in [9.17, 15) is 14.7 Å². The summed E-state index contributed by atoms with van der Waals surface area (Å²) in [6.07, 6.45) is 1.54. The zero-order chi connectivity index (χ0) is 20.4. The van der Waals surface area contributed by atoms with Gasteiger partial charge in [0.15, 0.2) is 11.5 Å². The molecule has 0 unspecified atom stereocenters. The molecule has 1 aliphatic rings. The number of imide groups is 1. The van der Waals surface area contributed by atoms with E-state index in [-0.39, 0.29) is 28.7 Å². The minimum Gasteiger partial charge on any atom is -0.502 e. The van der Waals surface area contributed by atoms with Gasteiger partial charge in [-0.3, -0.25) is 14.5 Å². The molecule has 2 aromatic carbocycles. The normalized spacial score (nSPS) is 15.4. The lowest BCUT2D eigenvalue weighted by Crippen LogP contribution is -2.27. The van der Waals surface area contributed by atoms with Crippen molar-refractivity contribution in [3.63, 3.8) is 0 Å². The van der Waals surface area contributed by atoms with Crippen molar-refractivity contribution >= 4 is 52.2 Å². The molecule has 146 valence electrons. The Morgan fingerprint density at radius 1 is 1.11 bits per heavy atom. The Balaban J connectivity index is 1.89. The lowest BCUT2D eigenvalue weighted by atomic mass is 10.1. The molecule has 0 radical (unpaired) electrons. The molecule has 1 N–H and O–H groups in total. The summed E-state index contributed by atoms with van der Waals surface area (Å²) in [5.74, 6) is -0.199. The minimum atomic E-state index is -0.438. The number of carbonyl (C=O) groups is 2. The number of phenols is 1. The van der Waals surface area contributed by atoms with Gasteiger partial charge in [0.1, 0.15) is 0 Å². The van der Waals surface area contributed by atoms with Crippen LogP contribution in [0.2, 0.25) is 10.0 Å². The van der Waals surface area contributed by atoms with Crippen molar-refractivity contribution < 1.29 is 24.2 Å². The fourth-order valence-electron chi connectivity index (χ4n) is 2.61. The van der Waals surface area contributed by atoms with Crippen molar-refractivity contribution in [3.05, 3.63) is 56.4 Å². The molecule has 0 spiro atoms. The molecule has 0 aromatic heterocycles. The Morgan fingerprint density at radius 3 is 2.32 bits per heavy atom. The molecule has 0 saturated carbocycles. The Labute approximate surface area is 175 Å². The quantitative estimate of drug-likeness (QED) is 0.663. The second kappa shape index (κ2) is 8.34. The number of phenolic OH excluding ortho intramolecular Hbond substituents is 1. The van der Waals surface area contributed by atoms with Gasteiger partial charge in [0.05, 0.1) is 25.7 Å². The Morgan fingerprint density at radius 2 is 1.75 bits per heavy atom. The molecule has 0 aliphatic carbocycles. The van der Waals surface area contributed by atoms with Crippen molar-refractivity contribution in [2.45, 2.75) is 6.54 Å². The number of carbonyl (C=O) groups excluding carboxylic acids is 2. The molecule has 3 rings (SSSR count). The minimum absolute atomic E-state index is 0.0419. The van der Waals surface area contributed by atoms with Gasteiger partial charge in [-0.25, -0.2) is 0 Å². The van der Waals surface area contributed by atoms with E-state index in [2.05, 4.69) is 0 Å². The molecular formula is C19H15Cl2NO5S. The van der Waals surface area contributed by atoms with Crippen LogP contribution in [0.1, 0.15) is 11.1 Å². The highest BCUT2D eigenvalue weighted by Gasteiger charge is 2.35. The van der Waals surface area contributed by atoms with Crippen molar-refractivity contribution in [1.29, 1.82) is 0 Å². The number of amides is 2. The maximum Gasteiger partial charge on any atom is 0.293 e. The van der Waals surface area contributed by atoms with Crippen LogP contribution in [-0.2, 0) is 11.3 Å². The van der Waals surface area contributed by atoms with Crippen molar-refractivity contribution in [3.8, 4) is 17.2 Å². The lowest BCUT2D eigenvalue weighted by molar-refractivity contribution is -0.123. The van der Waals surface area contributed by atoms with Crippen LogP contribution in [0.15, 0.2) is 35.2 Å². The second-order valence-electron chi connectivity index (χ2n) is 5.78. The third-order valence-electron chi connectivity index (χ3n) is 4.02. The molecule has 9 heteroatoms. The van der Waals surface area contributed by atoms with Gasteiger partial charge in [-0.15, -0.1) is 0 Å². The fourth-order valence-corrected chi connectivity index (χ4v) is 3.91. The van der Waals surface area contributed by atoms with Crippen LogP contribution in [0.3, 0.4) is 0 Å². The van der Waals surface area contributed by atoms with Gasteiger partial charge < -0.3 is 14.6 Å². The van der Waals surface area contributed by atoms with Gasteiger partial charge in [-0.1, -0.05) is 29.3 Å². The van der Waals surface area contributed by atoms with E-state index >= 15 is 0 Å². The number of hydrogen-bond acceptors (Lipinski definition) is 6. The van der Waals surface area contributed by atoms with Gasteiger partial charge in [0, 0.05) is 10.0 Å². The summed E-state index contributed by atoms with van der Waals surface area (Å²) in [5.41, 5.74) is 1.16. The van der Waals surface area contributed by atoms with Gasteiger partial charge in [-0.05, 0) is 53.2 Å². The number of ether oxygens (including phenoxy) is 2. The van der Waals surface area contributed by atoms with E-state index in [1.165, 1.54) is 14.2 Å². The van der Waals surface area contributed by atoms with Crippen LogP contribution in [-0.4, -0.2) is 35.4 Å². The monoisotopic (exact) mass is 439 g/mol. The predicted octanol–water partition coefficient (Wildman–Crippen LogP) is 4.95. The van der Waals surface area contributed by atoms with E-state index in [4.69, 9.17) is 32.7 Å². The highest BCUT2D eigenvalue weighted by Crippen LogP contribution is 2.40. The maximum atomic E-state index is 12.7. The number of thioether (sulfide) groups is 1. The Kier molecular flexibility index (Phi) is 6.07. The van der Waals surface area contributed by atoms with E-state index in [0.29, 0.717) is 21.2 Å². The molecule has 1 heterocycles. The highest BCUT2D eigenvalue weighted by molar-refractivity contribution is 8.18. The molecular weight excluding hydrogens is 425 g/mol. The third kappa shape index (κ3) is 4.06. The number of benzene rings is 2. The fraction of sp³-hybridized carbons (Fsp3) is 0.158. The van der Waals surface area contributed by atoms with E-state index < -0.39 is 11.1 Å². The van der Waals surface area contributed by atoms with Gasteiger partial charge in [-0.2, -0.15) is 0 Å². The number of halogens is 2. The average Bonchev–Trinajstić information content (AvgIpc) is 2.92. The number of methoxy groups -OCH3 is 2. The largest absolute Gasteiger partial charge is 0.502 e. The predicted molar refractivity (Wildman–Crippen MR) is 109 cm³/mol. The van der Waals surface area contributed by atoms with Gasteiger partial charge in [0.25, 0.3) is 11.1 Å². The second-order valence-corrected chi connectivity index (χ2v) is 7.61. The van der Waals surface area contributed by atoms with Crippen molar-refractivity contribution in [2.75, 3.05) is 14.2 Å². The van der Waals surface area contributed by atoms with Crippen LogP contribution in [0.25, 0.3) is 6.08 Å². The summed E-state index contributed by atoms with van der Waals surface area (Å²) in [4.78, 5) is 26.4. The highest BCUT2D eigenvalue weighted by atomic mass is 35.5. The maximum absolute atomic E-state index is 12.7. The first-order chi connectivity index (χ1) is 13.3. The summed E-state index contributed by atoms with van der Waals surface area (Å²) in [6.45, 7) is 0.0419. The van der Waals surface area contributed by atoms with E-state index in [0.717, 1.165) is 16.7 Å². The Hall–Kier alpha value is -2.35. The molecule has 6 nitrogen and oxygen atoms in total. The SMILES string of the molecule is COc1cc(/C=C2\SC(=O)N(Cc3ccc(Cl)cc3Cl)C2=O)cc(OC)c1O. The topological polar surface area (TPSA) is 76.1 Å². The first-order valence-electron chi connectivity index (χ1n) is 7.98. The number of aromatic hydroxyl groups is 1. The van der Waals surface area contributed by atoms with Gasteiger partial charge in [0.2, 0.25) is 5.75 Å². The number of nitrogens with zero attached hydrogens (tertiary/aromatic N) is 1. The van der Waals surface area contributed by atoms with Crippen molar-refractivity contribution in [2.24, 2.45) is 0 Å². The molecule has 28 heavy (non-hydrogen) atoms. The lowest BCUT2D eigenvalue weighted by Gasteiger charge is -2.13. The third-order valence-corrected chi connectivity index (χ3v) is 5.51. The molecule has 2 amide bonds. The zero-order valence-corrected chi connectivity index (χ0v) is 17.2. The molecule has 0 atom stereocenters. The Bertz CT molecular complexity index is 967. The molecule has 2 aromatic rings. The molecule has 1 aliphatic heterocycles. The van der Waals surface area contributed by atoms with Crippen LogP contribution in [0.5, 0.6) is 17.2 Å². The van der Waals surface area contributed by atoms with Gasteiger partial charge >= 0.3 is 0 Å². The van der Waals surface area contributed by atoms with E-state index in [1.54, 1.807) is 36.4 Å². The zero-order valence-electron chi connectivity index (χ0n) is 14.9. The summed E-state index contributed by atoms with van der Waals surface area (Å²) in [6, 6.07) is 7.96.